The Morgan fingerprint density at radius 2 is 1.95 bits per heavy atom. The summed E-state index contributed by atoms with van der Waals surface area (Å²) in [6.45, 7) is 12.1. The van der Waals surface area contributed by atoms with E-state index in [1.807, 2.05) is 6.92 Å². The number of aliphatic hydroxyl groups excluding tert-OH is 1. The molecule has 1 saturated carbocycles. The van der Waals surface area contributed by atoms with E-state index >= 15 is 0 Å². The summed E-state index contributed by atoms with van der Waals surface area (Å²) in [5, 5.41) is 9.82. The maximum Gasteiger partial charge on any atom is 0.0552 e. The molecule has 20 heavy (non-hydrogen) atoms. The molecule has 0 aromatic heterocycles. The number of nitrogens with two attached hydrogens (primary N) is 1. The van der Waals surface area contributed by atoms with Gasteiger partial charge in [0.2, 0.25) is 0 Å². The largest absolute Gasteiger partial charge is 0.393 e. The molecule has 1 saturated heterocycles. The second kappa shape index (κ2) is 6.33. The summed E-state index contributed by atoms with van der Waals surface area (Å²) in [7, 11) is 0. The van der Waals surface area contributed by atoms with Gasteiger partial charge in [-0.1, -0.05) is 20.8 Å². The van der Waals surface area contributed by atoms with Crippen molar-refractivity contribution in [1.82, 2.24) is 4.90 Å². The fourth-order valence-corrected chi connectivity index (χ4v) is 4.23. The number of hydrogen-bond donors (Lipinski definition) is 2. The van der Waals surface area contributed by atoms with Crippen LogP contribution in [-0.2, 0) is 0 Å². The molecule has 3 nitrogen and oxygen atoms in total. The molecule has 3 heteroatoms. The van der Waals surface area contributed by atoms with E-state index in [2.05, 4.69) is 25.7 Å². The molecule has 0 amide bonds. The van der Waals surface area contributed by atoms with Crippen LogP contribution in [0, 0.1) is 23.2 Å². The van der Waals surface area contributed by atoms with Gasteiger partial charge in [-0.3, -0.25) is 4.90 Å². The van der Waals surface area contributed by atoms with Crippen LogP contribution in [0.2, 0.25) is 0 Å². The molecule has 0 aromatic rings. The molecule has 0 spiro atoms. The Balaban J connectivity index is 2.03. The first-order valence-electron chi connectivity index (χ1n) is 8.45. The number of aliphatic hydroxyl groups is 1. The molecule has 118 valence electrons. The zero-order valence-electron chi connectivity index (χ0n) is 13.8. The third-order valence-electron chi connectivity index (χ3n) is 5.89. The van der Waals surface area contributed by atoms with Gasteiger partial charge in [0.1, 0.15) is 0 Å². The summed E-state index contributed by atoms with van der Waals surface area (Å²) in [6.07, 6.45) is 4.87. The highest BCUT2D eigenvalue weighted by Gasteiger charge is 2.40. The van der Waals surface area contributed by atoms with Gasteiger partial charge in [0.25, 0.3) is 0 Å². The lowest BCUT2D eigenvalue weighted by Gasteiger charge is -2.45. The highest BCUT2D eigenvalue weighted by atomic mass is 16.3. The Labute approximate surface area is 124 Å². The minimum atomic E-state index is -0.168. The molecular formula is C17H34N2O. The summed E-state index contributed by atoms with van der Waals surface area (Å²) in [6, 6.07) is 0.640. The van der Waals surface area contributed by atoms with Crippen molar-refractivity contribution in [2.75, 3.05) is 19.6 Å². The molecule has 5 unspecified atom stereocenters. The molecule has 0 radical (unpaired) electrons. The topological polar surface area (TPSA) is 49.5 Å². The quantitative estimate of drug-likeness (QED) is 0.836. The monoisotopic (exact) mass is 282 g/mol. The molecule has 5 atom stereocenters. The highest BCUT2D eigenvalue weighted by Crippen LogP contribution is 2.42. The molecule has 2 rings (SSSR count). The molecule has 0 bridgehead atoms. The zero-order valence-corrected chi connectivity index (χ0v) is 13.8. The minimum Gasteiger partial charge on any atom is -0.393 e. The smallest absolute Gasteiger partial charge is 0.0552 e. The lowest BCUT2D eigenvalue weighted by Crippen LogP contribution is -2.48. The SMILES string of the molecule is CC(O)C1CCN(C2CC(C(C)(C)C)CCC2CN)C1. The zero-order chi connectivity index (χ0) is 14.9. The van der Waals surface area contributed by atoms with E-state index < -0.39 is 0 Å². The van der Waals surface area contributed by atoms with E-state index in [1.165, 1.54) is 19.3 Å². The van der Waals surface area contributed by atoms with Gasteiger partial charge < -0.3 is 10.8 Å². The number of likely N-dealkylation sites (tertiary alicyclic amines) is 1. The Hall–Kier alpha value is -0.120. The van der Waals surface area contributed by atoms with E-state index in [1.54, 1.807) is 0 Å². The van der Waals surface area contributed by atoms with Gasteiger partial charge in [-0.2, -0.15) is 0 Å². The summed E-state index contributed by atoms with van der Waals surface area (Å²) in [4.78, 5) is 2.63. The number of rotatable bonds is 3. The van der Waals surface area contributed by atoms with Crippen LogP contribution in [0.1, 0.15) is 53.4 Å². The van der Waals surface area contributed by atoms with Crippen LogP contribution in [0.5, 0.6) is 0 Å². The lowest BCUT2D eigenvalue weighted by molar-refractivity contribution is 0.0497. The third-order valence-corrected chi connectivity index (χ3v) is 5.89. The minimum absolute atomic E-state index is 0.168. The maximum absolute atomic E-state index is 9.82. The first-order chi connectivity index (χ1) is 9.32. The fourth-order valence-electron chi connectivity index (χ4n) is 4.23. The van der Waals surface area contributed by atoms with Gasteiger partial charge in [0, 0.05) is 12.6 Å². The van der Waals surface area contributed by atoms with E-state index in [-0.39, 0.29) is 6.10 Å². The molecular weight excluding hydrogens is 248 g/mol. The first kappa shape index (κ1) is 16.3. The summed E-state index contributed by atoms with van der Waals surface area (Å²) < 4.78 is 0. The van der Waals surface area contributed by atoms with Crippen molar-refractivity contribution in [2.24, 2.45) is 28.9 Å². The third kappa shape index (κ3) is 3.55. The van der Waals surface area contributed by atoms with Gasteiger partial charge in [-0.05, 0) is 68.9 Å². The normalized spacial score (nSPS) is 38.1. The van der Waals surface area contributed by atoms with E-state index in [0.29, 0.717) is 23.3 Å². The van der Waals surface area contributed by atoms with Crippen molar-refractivity contribution in [3.63, 3.8) is 0 Å². The Morgan fingerprint density at radius 1 is 1.25 bits per heavy atom. The van der Waals surface area contributed by atoms with Crippen LogP contribution >= 0.6 is 0 Å². The average molecular weight is 282 g/mol. The van der Waals surface area contributed by atoms with Gasteiger partial charge >= 0.3 is 0 Å². The lowest BCUT2D eigenvalue weighted by atomic mass is 9.67. The standard InChI is InChI=1S/C17H34N2O/c1-12(20)14-7-8-19(11-14)16-9-15(17(2,3)4)6-5-13(16)10-18/h12-16,20H,5-11,18H2,1-4H3. The fraction of sp³-hybridized carbons (Fsp3) is 1.00. The number of nitrogens with zero attached hydrogens (tertiary/aromatic N) is 1. The van der Waals surface area contributed by atoms with E-state index in [4.69, 9.17) is 5.73 Å². The summed E-state index contributed by atoms with van der Waals surface area (Å²) in [5.74, 6) is 1.92. The average Bonchev–Trinajstić information content (AvgIpc) is 2.86. The molecule has 0 aromatic carbocycles. The Bertz CT molecular complexity index is 311. The van der Waals surface area contributed by atoms with E-state index in [0.717, 1.165) is 32.0 Å². The van der Waals surface area contributed by atoms with Gasteiger partial charge in [-0.15, -0.1) is 0 Å². The Kier molecular flexibility index (Phi) is 5.14. The molecule has 1 aliphatic heterocycles. The predicted octanol–water partition coefficient (Wildman–Crippen LogP) is 2.48. The predicted molar refractivity (Wildman–Crippen MR) is 84.5 cm³/mol. The molecule has 2 aliphatic rings. The van der Waals surface area contributed by atoms with Crippen LogP contribution in [0.25, 0.3) is 0 Å². The van der Waals surface area contributed by atoms with Crippen LogP contribution in [0.3, 0.4) is 0 Å². The van der Waals surface area contributed by atoms with Crippen LogP contribution in [-0.4, -0.2) is 41.8 Å². The maximum atomic E-state index is 9.82. The van der Waals surface area contributed by atoms with Crippen LogP contribution in [0.4, 0.5) is 0 Å². The molecule has 1 aliphatic carbocycles. The van der Waals surface area contributed by atoms with Crippen molar-refractivity contribution >= 4 is 0 Å². The van der Waals surface area contributed by atoms with Crippen molar-refractivity contribution in [2.45, 2.75) is 65.5 Å². The second-order valence-corrected chi connectivity index (χ2v) is 8.22. The van der Waals surface area contributed by atoms with Crippen molar-refractivity contribution in [3.05, 3.63) is 0 Å². The van der Waals surface area contributed by atoms with Gasteiger partial charge in [0.15, 0.2) is 0 Å². The molecule has 3 N–H and O–H groups in total. The van der Waals surface area contributed by atoms with Crippen LogP contribution in [0.15, 0.2) is 0 Å². The molecule has 1 heterocycles. The van der Waals surface area contributed by atoms with Gasteiger partial charge in [0.05, 0.1) is 6.10 Å². The van der Waals surface area contributed by atoms with E-state index in [9.17, 15) is 5.11 Å². The first-order valence-corrected chi connectivity index (χ1v) is 8.45. The number of hydrogen-bond acceptors (Lipinski definition) is 3. The highest BCUT2D eigenvalue weighted by molar-refractivity contribution is 4.94. The van der Waals surface area contributed by atoms with Crippen molar-refractivity contribution in [1.29, 1.82) is 0 Å². The Morgan fingerprint density at radius 3 is 2.45 bits per heavy atom. The van der Waals surface area contributed by atoms with Crippen molar-refractivity contribution in [3.8, 4) is 0 Å². The summed E-state index contributed by atoms with van der Waals surface area (Å²) in [5.41, 5.74) is 6.44. The van der Waals surface area contributed by atoms with Crippen LogP contribution < -0.4 is 5.73 Å². The summed E-state index contributed by atoms with van der Waals surface area (Å²) >= 11 is 0. The molecule has 2 fully saturated rings. The van der Waals surface area contributed by atoms with Gasteiger partial charge in [-0.25, -0.2) is 0 Å². The second-order valence-electron chi connectivity index (χ2n) is 8.22. The van der Waals surface area contributed by atoms with Crippen molar-refractivity contribution < 1.29 is 5.11 Å².